The quantitative estimate of drug-likeness (QED) is 0.434. The van der Waals surface area contributed by atoms with Gasteiger partial charge in [0.2, 0.25) is 11.5 Å². The molecule has 0 saturated heterocycles. The van der Waals surface area contributed by atoms with Crippen LogP contribution in [0.3, 0.4) is 0 Å². The number of fused-ring (bicyclic) bond motifs is 1. The summed E-state index contributed by atoms with van der Waals surface area (Å²) < 4.78 is 22.4. The Balaban J connectivity index is 2.27. The number of aliphatic carboxylic acids is 1. The maximum atomic E-state index is 13.4. The molecule has 160 valence electrons. The number of aromatic nitrogens is 2. The topological polar surface area (TPSA) is 109 Å². The van der Waals surface area contributed by atoms with E-state index in [2.05, 4.69) is 11.0 Å². The number of ether oxygens (including phenoxy) is 4. The maximum Gasteiger partial charge on any atom is 0.325 e. The number of carbonyl (C=O) groups excluding carboxylic acids is 1. The van der Waals surface area contributed by atoms with Gasteiger partial charge in [0.05, 0.1) is 39.5 Å². The molecule has 0 saturated carbocycles. The summed E-state index contributed by atoms with van der Waals surface area (Å²) in [6.45, 7) is -0.485. The third-order valence-electron chi connectivity index (χ3n) is 4.66. The molecule has 0 spiro atoms. The van der Waals surface area contributed by atoms with Crippen molar-refractivity contribution < 1.29 is 33.6 Å². The van der Waals surface area contributed by atoms with Crippen LogP contribution in [0.4, 0.5) is 0 Å². The third kappa shape index (κ3) is 3.71. The molecule has 31 heavy (non-hydrogen) atoms. The fourth-order valence-corrected chi connectivity index (χ4v) is 3.33. The maximum absolute atomic E-state index is 13.4. The van der Waals surface area contributed by atoms with E-state index >= 15 is 0 Å². The van der Waals surface area contributed by atoms with Crippen LogP contribution in [0.5, 0.6) is 23.0 Å². The van der Waals surface area contributed by atoms with Crippen LogP contribution in [-0.2, 0) is 11.3 Å². The van der Waals surface area contributed by atoms with Crippen molar-refractivity contribution in [2.75, 3.05) is 28.4 Å². The predicted octanol–water partition coefficient (Wildman–Crippen LogP) is 2.37. The van der Waals surface area contributed by atoms with Gasteiger partial charge in [0.1, 0.15) is 18.0 Å². The van der Waals surface area contributed by atoms with Crippen LogP contribution in [0, 0.1) is 12.3 Å². The first-order valence-corrected chi connectivity index (χ1v) is 9.00. The minimum Gasteiger partial charge on any atom is -0.495 e. The van der Waals surface area contributed by atoms with E-state index < -0.39 is 18.3 Å². The number of carbonyl (C=O) groups is 2. The van der Waals surface area contributed by atoms with E-state index in [0.717, 1.165) is 0 Å². The first-order valence-electron chi connectivity index (χ1n) is 9.00. The van der Waals surface area contributed by atoms with Gasteiger partial charge in [-0.15, -0.1) is 6.42 Å². The second-order valence-electron chi connectivity index (χ2n) is 6.33. The lowest BCUT2D eigenvalue weighted by Gasteiger charge is -2.13. The summed E-state index contributed by atoms with van der Waals surface area (Å²) in [7, 11) is 5.78. The highest BCUT2D eigenvalue weighted by molar-refractivity contribution is 6.16. The van der Waals surface area contributed by atoms with Crippen molar-refractivity contribution in [1.29, 1.82) is 0 Å². The van der Waals surface area contributed by atoms with Crippen molar-refractivity contribution in [3.8, 4) is 35.3 Å². The average molecular weight is 424 g/mol. The van der Waals surface area contributed by atoms with Crippen molar-refractivity contribution >= 4 is 22.7 Å². The molecule has 0 aliphatic carbocycles. The SMILES string of the molecule is C#Cc1c(OC)ccc2c(C(=O)c3cc(OC)c(OC)c(OC)c3)nn(CC(=O)O)c12. The molecule has 0 amide bonds. The molecule has 0 aliphatic heterocycles. The summed E-state index contributed by atoms with van der Waals surface area (Å²) in [4.78, 5) is 24.8. The number of hydrogen-bond acceptors (Lipinski definition) is 7. The molecule has 0 bridgehead atoms. The van der Waals surface area contributed by atoms with E-state index in [1.807, 2.05) is 0 Å². The molecule has 9 heteroatoms. The van der Waals surface area contributed by atoms with E-state index in [1.54, 1.807) is 12.1 Å². The number of carboxylic acid groups (broad SMARTS) is 1. The van der Waals surface area contributed by atoms with Crippen LogP contribution in [-0.4, -0.2) is 55.1 Å². The molecule has 1 N–H and O–H groups in total. The van der Waals surface area contributed by atoms with Gasteiger partial charge in [-0.05, 0) is 24.3 Å². The normalized spacial score (nSPS) is 10.4. The van der Waals surface area contributed by atoms with Gasteiger partial charge < -0.3 is 24.1 Å². The van der Waals surface area contributed by atoms with Gasteiger partial charge in [-0.2, -0.15) is 5.10 Å². The van der Waals surface area contributed by atoms with Crippen molar-refractivity contribution in [3.63, 3.8) is 0 Å². The first kappa shape index (κ1) is 21.5. The van der Waals surface area contributed by atoms with Gasteiger partial charge in [0.15, 0.2) is 11.5 Å². The number of benzene rings is 2. The van der Waals surface area contributed by atoms with Gasteiger partial charge in [0, 0.05) is 10.9 Å². The number of nitrogens with zero attached hydrogens (tertiary/aromatic N) is 2. The molecular formula is C22H20N2O7. The Bertz CT molecular complexity index is 1200. The molecule has 3 rings (SSSR count). The Labute approximate surface area is 178 Å². The Morgan fingerprint density at radius 2 is 1.65 bits per heavy atom. The molecule has 2 aromatic carbocycles. The van der Waals surface area contributed by atoms with Crippen molar-refractivity contribution in [3.05, 3.63) is 41.1 Å². The van der Waals surface area contributed by atoms with Gasteiger partial charge in [-0.1, -0.05) is 5.92 Å². The second-order valence-corrected chi connectivity index (χ2v) is 6.33. The molecule has 0 aliphatic rings. The van der Waals surface area contributed by atoms with Crippen molar-refractivity contribution in [1.82, 2.24) is 9.78 Å². The van der Waals surface area contributed by atoms with Crippen LogP contribution in [0.1, 0.15) is 21.6 Å². The third-order valence-corrected chi connectivity index (χ3v) is 4.66. The molecule has 0 unspecified atom stereocenters. The molecule has 9 nitrogen and oxygen atoms in total. The number of terminal acetylenes is 1. The van der Waals surface area contributed by atoms with Gasteiger partial charge in [0.25, 0.3) is 0 Å². The highest BCUT2D eigenvalue weighted by Gasteiger charge is 2.25. The standard InChI is InChI=1S/C22H20N2O7/c1-6-13-15(28-2)8-7-14-19(23-24(20(13)14)11-18(25)26)21(27)12-9-16(29-3)22(31-5)17(10-12)30-4/h1,7-10H,11H2,2-5H3,(H,25,26). The predicted molar refractivity (Wildman–Crippen MR) is 111 cm³/mol. The molecule has 1 heterocycles. The lowest BCUT2D eigenvalue weighted by Crippen LogP contribution is -2.12. The highest BCUT2D eigenvalue weighted by atomic mass is 16.5. The molecule has 0 radical (unpaired) electrons. The van der Waals surface area contributed by atoms with Crippen molar-refractivity contribution in [2.24, 2.45) is 0 Å². The monoisotopic (exact) mass is 424 g/mol. The number of carboxylic acids is 1. The van der Waals surface area contributed by atoms with Gasteiger partial charge >= 0.3 is 5.97 Å². The van der Waals surface area contributed by atoms with Gasteiger partial charge in [-0.3, -0.25) is 14.3 Å². The minimum atomic E-state index is -1.14. The Morgan fingerprint density at radius 3 is 2.13 bits per heavy atom. The average Bonchev–Trinajstić information content (AvgIpc) is 3.14. The second kappa shape index (κ2) is 8.67. The zero-order valence-electron chi connectivity index (χ0n) is 17.4. The Morgan fingerprint density at radius 1 is 1.03 bits per heavy atom. The Hall–Kier alpha value is -4.19. The summed E-state index contributed by atoms with van der Waals surface area (Å²) in [5.74, 6) is 2.19. The molecule has 0 fully saturated rings. The van der Waals surface area contributed by atoms with E-state index in [0.29, 0.717) is 39.5 Å². The fourth-order valence-electron chi connectivity index (χ4n) is 3.33. The van der Waals surface area contributed by atoms with Crippen LogP contribution in [0.2, 0.25) is 0 Å². The Kier molecular flexibility index (Phi) is 6.02. The smallest absolute Gasteiger partial charge is 0.325 e. The fraction of sp³-hybridized carbons (Fsp3) is 0.227. The minimum absolute atomic E-state index is 0.0321. The number of methoxy groups -OCH3 is 4. The number of hydrogen-bond donors (Lipinski definition) is 1. The zero-order valence-corrected chi connectivity index (χ0v) is 17.4. The summed E-state index contributed by atoms with van der Waals surface area (Å²) in [5, 5.41) is 14.0. The van der Waals surface area contributed by atoms with Crippen molar-refractivity contribution in [2.45, 2.75) is 6.54 Å². The molecular weight excluding hydrogens is 404 g/mol. The van der Waals surface area contributed by atoms with Crippen LogP contribution >= 0.6 is 0 Å². The summed E-state index contributed by atoms with van der Waals surface area (Å²) in [6, 6.07) is 6.22. The van der Waals surface area contributed by atoms with E-state index in [1.165, 1.54) is 45.3 Å². The highest BCUT2D eigenvalue weighted by Crippen LogP contribution is 2.39. The largest absolute Gasteiger partial charge is 0.495 e. The van der Waals surface area contributed by atoms with Crippen LogP contribution < -0.4 is 18.9 Å². The molecule has 0 atom stereocenters. The van der Waals surface area contributed by atoms with E-state index in [9.17, 15) is 14.7 Å². The number of ketones is 1. The summed E-state index contributed by atoms with van der Waals surface area (Å²) in [5.41, 5.74) is 0.872. The first-order chi connectivity index (χ1) is 14.9. The van der Waals surface area contributed by atoms with Crippen LogP contribution in [0.25, 0.3) is 10.9 Å². The molecule has 3 aromatic rings. The van der Waals surface area contributed by atoms with Gasteiger partial charge in [-0.25, -0.2) is 0 Å². The number of rotatable bonds is 8. The summed E-state index contributed by atoms with van der Waals surface area (Å²) in [6.07, 6.45) is 5.65. The lowest BCUT2D eigenvalue weighted by atomic mass is 10.0. The zero-order chi connectivity index (χ0) is 22.7. The summed E-state index contributed by atoms with van der Waals surface area (Å²) >= 11 is 0. The van der Waals surface area contributed by atoms with E-state index in [-0.39, 0.29) is 11.3 Å². The lowest BCUT2D eigenvalue weighted by molar-refractivity contribution is -0.137. The van der Waals surface area contributed by atoms with Crippen LogP contribution in [0.15, 0.2) is 24.3 Å². The molecule has 1 aromatic heterocycles. The van der Waals surface area contributed by atoms with E-state index in [4.69, 9.17) is 25.4 Å².